The standard InChI is InChI=1S/C14H27N/c1-12(2,3)14-8-7-11(9-14)10-15(14)13(4,5)6/h11H,7-10H2,1-6H3. The molecule has 0 amide bonds. The van der Waals surface area contributed by atoms with Crippen LogP contribution in [0.5, 0.6) is 0 Å². The number of rotatable bonds is 0. The number of likely N-dealkylation sites (tertiary alicyclic amines) is 1. The molecule has 2 aliphatic rings. The van der Waals surface area contributed by atoms with E-state index in [9.17, 15) is 0 Å². The minimum absolute atomic E-state index is 0.336. The van der Waals surface area contributed by atoms with Crippen LogP contribution in [-0.2, 0) is 0 Å². The third kappa shape index (κ3) is 1.54. The van der Waals surface area contributed by atoms with Crippen LogP contribution >= 0.6 is 0 Å². The molecule has 0 radical (unpaired) electrons. The van der Waals surface area contributed by atoms with Gasteiger partial charge in [0.2, 0.25) is 0 Å². The highest BCUT2D eigenvalue weighted by Gasteiger charge is 2.58. The maximum absolute atomic E-state index is 2.80. The van der Waals surface area contributed by atoms with Crippen LogP contribution in [0.25, 0.3) is 0 Å². The fourth-order valence-corrected chi connectivity index (χ4v) is 3.96. The van der Waals surface area contributed by atoms with Crippen LogP contribution in [0.2, 0.25) is 0 Å². The van der Waals surface area contributed by atoms with Crippen molar-refractivity contribution < 1.29 is 0 Å². The molecule has 1 heterocycles. The van der Waals surface area contributed by atoms with Crippen molar-refractivity contribution in [1.29, 1.82) is 0 Å². The second-order valence-corrected chi connectivity index (χ2v) is 7.67. The second kappa shape index (κ2) is 3.00. The lowest BCUT2D eigenvalue weighted by Crippen LogP contribution is -2.60. The molecule has 1 aliphatic carbocycles. The molecule has 0 aromatic carbocycles. The first-order valence-corrected chi connectivity index (χ1v) is 6.45. The van der Waals surface area contributed by atoms with E-state index in [0.717, 1.165) is 5.92 Å². The summed E-state index contributed by atoms with van der Waals surface area (Å²) in [5.41, 5.74) is 1.24. The minimum atomic E-state index is 0.336. The Morgan fingerprint density at radius 2 is 1.67 bits per heavy atom. The number of hydrogen-bond acceptors (Lipinski definition) is 1. The van der Waals surface area contributed by atoms with Gasteiger partial charge in [-0.05, 0) is 51.4 Å². The predicted octanol–water partition coefficient (Wildman–Crippen LogP) is 3.69. The van der Waals surface area contributed by atoms with E-state index >= 15 is 0 Å². The molecule has 88 valence electrons. The molecule has 0 spiro atoms. The molecule has 1 saturated heterocycles. The zero-order valence-corrected chi connectivity index (χ0v) is 11.4. The molecule has 1 heteroatoms. The van der Waals surface area contributed by atoms with Crippen molar-refractivity contribution in [3.63, 3.8) is 0 Å². The highest BCUT2D eigenvalue weighted by molar-refractivity contribution is 5.13. The van der Waals surface area contributed by atoms with Gasteiger partial charge in [-0.1, -0.05) is 20.8 Å². The molecule has 15 heavy (non-hydrogen) atoms. The average molecular weight is 209 g/mol. The van der Waals surface area contributed by atoms with Crippen molar-refractivity contribution in [3.05, 3.63) is 0 Å². The van der Waals surface area contributed by atoms with E-state index in [-0.39, 0.29) is 0 Å². The van der Waals surface area contributed by atoms with Crippen molar-refractivity contribution in [2.24, 2.45) is 11.3 Å². The summed E-state index contributed by atoms with van der Waals surface area (Å²) in [4.78, 5) is 2.80. The fraction of sp³-hybridized carbons (Fsp3) is 1.00. The molecule has 2 atom stereocenters. The summed E-state index contributed by atoms with van der Waals surface area (Å²) < 4.78 is 0. The Labute approximate surface area is 95.2 Å². The highest BCUT2D eigenvalue weighted by Crippen LogP contribution is 2.57. The van der Waals surface area contributed by atoms with Gasteiger partial charge in [0.1, 0.15) is 0 Å². The lowest BCUT2D eigenvalue weighted by atomic mass is 9.70. The van der Waals surface area contributed by atoms with Crippen LogP contribution in [-0.4, -0.2) is 22.5 Å². The van der Waals surface area contributed by atoms with Crippen LogP contribution in [0.4, 0.5) is 0 Å². The Hall–Kier alpha value is -0.0400. The van der Waals surface area contributed by atoms with Gasteiger partial charge >= 0.3 is 0 Å². The first-order chi connectivity index (χ1) is 6.67. The fourth-order valence-electron chi connectivity index (χ4n) is 3.96. The summed E-state index contributed by atoms with van der Waals surface area (Å²) in [5.74, 6) is 0.975. The second-order valence-electron chi connectivity index (χ2n) is 7.67. The van der Waals surface area contributed by atoms with Crippen LogP contribution < -0.4 is 0 Å². The molecule has 2 bridgehead atoms. The molecule has 2 unspecified atom stereocenters. The van der Waals surface area contributed by atoms with Gasteiger partial charge in [0.05, 0.1) is 0 Å². The van der Waals surface area contributed by atoms with E-state index < -0.39 is 0 Å². The van der Waals surface area contributed by atoms with Gasteiger partial charge < -0.3 is 0 Å². The lowest BCUT2D eigenvalue weighted by molar-refractivity contribution is -0.0414. The molecule has 1 aliphatic heterocycles. The zero-order valence-electron chi connectivity index (χ0n) is 11.4. The van der Waals surface area contributed by atoms with E-state index in [1.807, 2.05) is 0 Å². The quantitative estimate of drug-likeness (QED) is 0.588. The largest absolute Gasteiger partial charge is 0.292 e. The molecular formula is C14H27N. The van der Waals surface area contributed by atoms with Gasteiger partial charge in [-0.3, -0.25) is 4.90 Å². The van der Waals surface area contributed by atoms with Crippen LogP contribution in [0.1, 0.15) is 60.8 Å². The summed E-state index contributed by atoms with van der Waals surface area (Å²) in [7, 11) is 0. The summed E-state index contributed by atoms with van der Waals surface area (Å²) >= 11 is 0. The van der Waals surface area contributed by atoms with Crippen molar-refractivity contribution in [2.45, 2.75) is 71.9 Å². The maximum Gasteiger partial charge on any atom is 0.0266 e. The minimum Gasteiger partial charge on any atom is -0.292 e. The molecule has 0 aromatic rings. The summed E-state index contributed by atoms with van der Waals surface area (Å²) in [6, 6.07) is 0. The van der Waals surface area contributed by atoms with Crippen LogP contribution in [0.3, 0.4) is 0 Å². The monoisotopic (exact) mass is 209 g/mol. The summed E-state index contributed by atoms with van der Waals surface area (Å²) in [6.07, 6.45) is 4.32. The molecule has 2 fully saturated rings. The molecule has 1 saturated carbocycles. The highest BCUT2D eigenvalue weighted by atomic mass is 15.3. The zero-order chi connectivity index (χ0) is 11.5. The molecule has 0 aromatic heterocycles. The third-order valence-electron chi connectivity index (χ3n) is 4.76. The Bertz CT molecular complexity index is 255. The number of piperidine rings is 1. The van der Waals surface area contributed by atoms with Crippen LogP contribution in [0, 0.1) is 11.3 Å². The summed E-state index contributed by atoms with van der Waals surface area (Å²) in [6.45, 7) is 15.8. The van der Waals surface area contributed by atoms with Gasteiger partial charge in [-0.25, -0.2) is 0 Å². The first-order valence-electron chi connectivity index (χ1n) is 6.45. The van der Waals surface area contributed by atoms with Gasteiger partial charge in [0, 0.05) is 17.6 Å². The number of nitrogens with zero attached hydrogens (tertiary/aromatic N) is 1. The molecular weight excluding hydrogens is 182 g/mol. The number of hydrogen-bond donors (Lipinski definition) is 0. The molecule has 2 rings (SSSR count). The van der Waals surface area contributed by atoms with E-state index in [1.165, 1.54) is 25.8 Å². The number of fused-ring (bicyclic) bond motifs is 2. The van der Waals surface area contributed by atoms with E-state index in [1.54, 1.807) is 0 Å². The average Bonchev–Trinajstić information content (AvgIpc) is 2.57. The Balaban J connectivity index is 2.36. The first kappa shape index (κ1) is 11.4. The van der Waals surface area contributed by atoms with Crippen molar-refractivity contribution in [3.8, 4) is 0 Å². The van der Waals surface area contributed by atoms with Crippen molar-refractivity contribution in [2.75, 3.05) is 6.54 Å². The topological polar surface area (TPSA) is 3.24 Å². The van der Waals surface area contributed by atoms with Gasteiger partial charge in [-0.2, -0.15) is 0 Å². The smallest absolute Gasteiger partial charge is 0.0266 e. The van der Waals surface area contributed by atoms with Gasteiger partial charge in [0.25, 0.3) is 0 Å². The lowest BCUT2D eigenvalue weighted by Gasteiger charge is -2.54. The van der Waals surface area contributed by atoms with Crippen molar-refractivity contribution in [1.82, 2.24) is 4.90 Å². The summed E-state index contributed by atoms with van der Waals surface area (Å²) in [5, 5.41) is 0. The van der Waals surface area contributed by atoms with E-state index in [4.69, 9.17) is 0 Å². The normalized spacial score (nSPS) is 37.6. The van der Waals surface area contributed by atoms with Gasteiger partial charge in [0.15, 0.2) is 0 Å². The predicted molar refractivity (Wildman–Crippen MR) is 66.0 cm³/mol. The van der Waals surface area contributed by atoms with E-state index in [2.05, 4.69) is 46.4 Å². The maximum atomic E-state index is 2.80. The molecule has 1 nitrogen and oxygen atoms in total. The Morgan fingerprint density at radius 3 is 2.00 bits per heavy atom. The molecule has 0 N–H and O–H groups in total. The van der Waals surface area contributed by atoms with E-state index in [0.29, 0.717) is 16.5 Å². The Morgan fingerprint density at radius 1 is 1.07 bits per heavy atom. The van der Waals surface area contributed by atoms with Crippen LogP contribution in [0.15, 0.2) is 0 Å². The van der Waals surface area contributed by atoms with Gasteiger partial charge in [-0.15, -0.1) is 0 Å². The SMILES string of the molecule is CC(C)(C)N1CC2CCC1(C(C)(C)C)C2. The third-order valence-corrected chi connectivity index (χ3v) is 4.76. The van der Waals surface area contributed by atoms with Crippen molar-refractivity contribution >= 4 is 0 Å². The Kier molecular flexibility index (Phi) is 2.29.